The molecule has 0 atom stereocenters. The van der Waals surface area contributed by atoms with E-state index in [2.05, 4.69) is 65.9 Å². The third kappa shape index (κ3) is 6.48. The first kappa shape index (κ1) is 26.0. The maximum atomic E-state index is 13.0. The monoisotopic (exact) mass is 536 g/mol. The molecule has 40 heavy (non-hydrogen) atoms. The van der Waals surface area contributed by atoms with Gasteiger partial charge in [0.1, 0.15) is 0 Å². The summed E-state index contributed by atoms with van der Waals surface area (Å²) in [7, 11) is 0. The summed E-state index contributed by atoms with van der Waals surface area (Å²) < 4.78 is 1.96. The maximum absolute atomic E-state index is 13.0. The van der Waals surface area contributed by atoms with E-state index in [1.165, 1.54) is 5.56 Å². The Bertz CT molecular complexity index is 1340. The minimum absolute atomic E-state index is 0.0674. The van der Waals surface area contributed by atoms with Gasteiger partial charge in [-0.15, -0.1) is 10.2 Å². The van der Waals surface area contributed by atoms with Crippen LogP contribution in [0.3, 0.4) is 0 Å². The zero-order chi connectivity index (χ0) is 27.1. The number of aromatic nitrogens is 4. The molecule has 2 fully saturated rings. The molecule has 9 heteroatoms. The van der Waals surface area contributed by atoms with E-state index in [4.69, 9.17) is 0 Å². The van der Waals surface area contributed by atoms with E-state index in [0.717, 1.165) is 75.6 Å². The van der Waals surface area contributed by atoms with Crippen molar-refractivity contribution >= 4 is 23.2 Å². The Labute approximate surface area is 235 Å². The molecule has 0 aliphatic carbocycles. The van der Waals surface area contributed by atoms with Crippen molar-refractivity contribution in [2.75, 3.05) is 36.4 Å². The molecule has 4 heterocycles. The second-order valence-electron chi connectivity index (χ2n) is 10.7. The largest absolute Gasteiger partial charge is 0.355 e. The molecule has 0 radical (unpaired) electrons. The number of carbonyl (C=O) groups excluding carboxylic acids is 1. The van der Waals surface area contributed by atoms with Crippen molar-refractivity contribution < 1.29 is 4.79 Å². The third-order valence-corrected chi connectivity index (χ3v) is 7.97. The predicted molar refractivity (Wildman–Crippen MR) is 157 cm³/mol. The Kier molecular flexibility index (Phi) is 8.00. The normalized spacial score (nSPS) is 17.1. The Morgan fingerprint density at radius 2 is 1.62 bits per heavy atom. The summed E-state index contributed by atoms with van der Waals surface area (Å²) >= 11 is 0. The molecule has 2 aliphatic heterocycles. The summed E-state index contributed by atoms with van der Waals surface area (Å²) in [6, 6.07) is 22.9. The lowest BCUT2D eigenvalue weighted by atomic mass is 9.94. The Morgan fingerprint density at radius 1 is 0.850 bits per heavy atom. The van der Waals surface area contributed by atoms with Crippen molar-refractivity contribution in [3.05, 3.63) is 91.0 Å². The fourth-order valence-corrected chi connectivity index (χ4v) is 5.60. The predicted octanol–water partition coefficient (Wildman–Crippen LogP) is 4.40. The molecule has 2 aliphatic rings. The number of carbonyl (C=O) groups is 1. The first-order valence-electron chi connectivity index (χ1n) is 14.2. The highest BCUT2D eigenvalue weighted by Gasteiger charge is 2.28. The number of anilines is 3. The molecule has 0 saturated carbocycles. The average Bonchev–Trinajstić information content (AvgIpc) is 3.55. The minimum atomic E-state index is 0.0674. The molecule has 0 unspecified atom stereocenters. The lowest BCUT2D eigenvalue weighted by molar-refractivity contribution is -0.126. The number of rotatable bonds is 8. The van der Waals surface area contributed by atoms with E-state index in [-0.39, 0.29) is 17.9 Å². The Morgan fingerprint density at radius 3 is 2.30 bits per heavy atom. The smallest absolute Gasteiger partial charge is 0.223 e. The molecule has 2 N–H and O–H groups in total. The van der Waals surface area contributed by atoms with Crippen LogP contribution in [-0.2, 0) is 11.3 Å². The van der Waals surface area contributed by atoms with Crippen LogP contribution in [0.4, 0.5) is 17.3 Å². The van der Waals surface area contributed by atoms with E-state index in [1.54, 1.807) is 12.5 Å². The van der Waals surface area contributed by atoms with Gasteiger partial charge in [0, 0.05) is 68.5 Å². The Balaban J connectivity index is 0.932. The highest BCUT2D eigenvalue weighted by molar-refractivity contribution is 5.79. The number of benzene rings is 2. The number of nitrogens with zero attached hydrogens (tertiary/aromatic N) is 6. The third-order valence-electron chi connectivity index (χ3n) is 7.97. The lowest BCUT2D eigenvalue weighted by Gasteiger charge is -2.35. The molecule has 2 aromatic heterocycles. The van der Waals surface area contributed by atoms with Gasteiger partial charge < -0.3 is 20.1 Å². The topological polar surface area (TPSA) is 91.2 Å². The second-order valence-corrected chi connectivity index (χ2v) is 10.7. The van der Waals surface area contributed by atoms with Crippen LogP contribution in [0.5, 0.6) is 0 Å². The van der Waals surface area contributed by atoms with Gasteiger partial charge in [-0.1, -0.05) is 30.3 Å². The quantitative estimate of drug-likeness (QED) is 0.345. The first-order valence-corrected chi connectivity index (χ1v) is 14.2. The molecule has 1 amide bonds. The zero-order valence-corrected chi connectivity index (χ0v) is 22.7. The summed E-state index contributed by atoms with van der Waals surface area (Å²) in [5.41, 5.74) is 3.34. The maximum Gasteiger partial charge on any atom is 0.223 e. The number of likely N-dealkylation sites (tertiary alicyclic amines) is 1. The van der Waals surface area contributed by atoms with Gasteiger partial charge in [0.15, 0.2) is 11.6 Å². The molecule has 2 aromatic carbocycles. The molecule has 0 bridgehead atoms. The van der Waals surface area contributed by atoms with E-state index < -0.39 is 0 Å². The Hall–Kier alpha value is -4.24. The summed E-state index contributed by atoms with van der Waals surface area (Å²) in [6.45, 7) is 4.66. The fourth-order valence-electron chi connectivity index (χ4n) is 5.60. The van der Waals surface area contributed by atoms with Crippen LogP contribution in [0.25, 0.3) is 5.69 Å². The van der Waals surface area contributed by atoms with Crippen molar-refractivity contribution in [1.29, 1.82) is 0 Å². The van der Waals surface area contributed by atoms with E-state index in [0.29, 0.717) is 5.82 Å². The van der Waals surface area contributed by atoms with Crippen LogP contribution < -0.4 is 15.5 Å². The minimum Gasteiger partial charge on any atom is -0.355 e. The van der Waals surface area contributed by atoms with Gasteiger partial charge in [-0.2, -0.15) is 0 Å². The number of hydrogen-bond donors (Lipinski definition) is 2. The highest BCUT2D eigenvalue weighted by Crippen LogP contribution is 2.24. The summed E-state index contributed by atoms with van der Waals surface area (Å²) in [4.78, 5) is 21.8. The van der Waals surface area contributed by atoms with E-state index in [1.807, 2.05) is 47.2 Å². The molecule has 6 rings (SSSR count). The van der Waals surface area contributed by atoms with Crippen LogP contribution in [-0.4, -0.2) is 62.8 Å². The summed E-state index contributed by atoms with van der Waals surface area (Å²) in [5.74, 6) is 1.83. The number of hydrogen-bond acceptors (Lipinski definition) is 7. The zero-order valence-electron chi connectivity index (χ0n) is 22.7. The molecule has 206 valence electrons. The van der Waals surface area contributed by atoms with Crippen molar-refractivity contribution in [1.82, 2.24) is 30.0 Å². The van der Waals surface area contributed by atoms with Crippen molar-refractivity contribution in [2.24, 2.45) is 5.92 Å². The number of nitrogens with one attached hydrogen (secondary N) is 2. The molecule has 0 spiro atoms. The van der Waals surface area contributed by atoms with Gasteiger partial charge in [0.05, 0.1) is 6.33 Å². The number of imidazole rings is 1. The van der Waals surface area contributed by atoms with Gasteiger partial charge in [-0.25, -0.2) is 4.98 Å². The van der Waals surface area contributed by atoms with Crippen molar-refractivity contribution in [3.8, 4) is 5.69 Å². The summed E-state index contributed by atoms with van der Waals surface area (Å²) in [5, 5.41) is 15.5. The van der Waals surface area contributed by atoms with E-state index in [9.17, 15) is 4.79 Å². The lowest BCUT2D eigenvalue weighted by Crippen LogP contribution is -2.48. The molecular formula is C31H36N8O. The van der Waals surface area contributed by atoms with Crippen molar-refractivity contribution in [2.45, 2.75) is 38.3 Å². The molecule has 9 nitrogen and oxygen atoms in total. The summed E-state index contributed by atoms with van der Waals surface area (Å²) in [6.07, 6.45) is 9.16. The fraction of sp³-hybridized carbons (Fsp3) is 0.355. The van der Waals surface area contributed by atoms with Gasteiger partial charge in [0.2, 0.25) is 5.91 Å². The van der Waals surface area contributed by atoms with Crippen LogP contribution in [0.1, 0.15) is 31.2 Å². The van der Waals surface area contributed by atoms with Gasteiger partial charge in [-0.05, 0) is 67.6 Å². The standard InChI is InChI=1S/C31H36N8O/c40-31(34-27-14-17-37(18-15-27)22-24-4-2-1-3-5-24)25-12-19-38(20-13-25)30-11-10-29(35-36-30)33-26-6-8-28(9-7-26)39-21-16-32-23-39/h1-11,16,21,23,25,27H,12-15,17-20,22H2,(H,33,35)(H,34,40). The number of amides is 1. The highest BCUT2D eigenvalue weighted by atomic mass is 16.2. The molecular weight excluding hydrogens is 500 g/mol. The molecule has 4 aromatic rings. The number of piperidine rings is 2. The van der Waals surface area contributed by atoms with Gasteiger partial charge in [-0.3, -0.25) is 9.69 Å². The van der Waals surface area contributed by atoms with Crippen LogP contribution in [0.2, 0.25) is 0 Å². The van der Waals surface area contributed by atoms with Crippen LogP contribution in [0.15, 0.2) is 85.5 Å². The van der Waals surface area contributed by atoms with Crippen LogP contribution in [0, 0.1) is 5.92 Å². The van der Waals surface area contributed by atoms with Gasteiger partial charge >= 0.3 is 0 Å². The van der Waals surface area contributed by atoms with Gasteiger partial charge in [0.25, 0.3) is 0 Å². The average molecular weight is 537 g/mol. The van der Waals surface area contributed by atoms with E-state index >= 15 is 0 Å². The van der Waals surface area contributed by atoms with Crippen LogP contribution >= 0.6 is 0 Å². The van der Waals surface area contributed by atoms with Crippen molar-refractivity contribution in [3.63, 3.8) is 0 Å². The second kappa shape index (κ2) is 12.3. The first-order chi connectivity index (χ1) is 19.7. The molecule has 2 saturated heterocycles. The SMILES string of the molecule is O=C(NC1CCN(Cc2ccccc2)CC1)C1CCN(c2ccc(Nc3ccc(-n4ccnc4)cc3)nn2)CC1.